The fraction of sp³-hybridized carbons (Fsp3) is 0.360. The van der Waals surface area contributed by atoms with E-state index in [1.807, 2.05) is 41.3 Å². The maximum atomic E-state index is 12.3. The maximum Gasteiger partial charge on any atom is 0.274 e. The zero-order valence-corrected chi connectivity index (χ0v) is 17.7. The number of nitrogens with zero attached hydrogens (tertiary/aromatic N) is 1. The summed E-state index contributed by atoms with van der Waals surface area (Å²) in [4.78, 5) is 25.5. The number of hydrogen-bond acceptors (Lipinski definition) is 4. The van der Waals surface area contributed by atoms with Crippen molar-refractivity contribution in [2.75, 3.05) is 19.6 Å². The molecule has 6 nitrogen and oxygen atoms in total. The summed E-state index contributed by atoms with van der Waals surface area (Å²) in [6.45, 7) is 2.71. The van der Waals surface area contributed by atoms with Crippen molar-refractivity contribution in [2.24, 2.45) is 5.92 Å². The van der Waals surface area contributed by atoms with Crippen molar-refractivity contribution in [2.45, 2.75) is 31.7 Å². The molecule has 1 aliphatic carbocycles. The number of benzene rings is 2. The van der Waals surface area contributed by atoms with Gasteiger partial charge in [0, 0.05) is 30.8 Å². The zero-order valence-electron chi connectivity index (χ0n) is 17.7. The molecule has 1 saturated heterocycles. The highest BCUT2D eigenvalue weighted by Crippen LogP contribution is 2.22. The quantitative estimate of drug-likeness (QED) is 0.379. The second-order valence-electron chi connectivity index (χ2n) is 8.00. The van der Waals surface area contributed by atoms with Crippen LogP contribution < -0.4 is 10.8 Å². The molecule has 2 aromatic carbocycles. The van der Waals surface area contributed by atoms with Crippen LogP contribution in [0, 0.1) is 5.92 Å². The monoisotopic (exact) mass is 421 g/mol. The lowest BCUT2D eigenvalue weighted by Crippen LogP contribution is -2.40. The molecule has 1 heterocycles. The van der Waals surface area contributed by atoms with Crippen LogP contribution in [0.3, 0.4) is 0 Å². The van der Waals surface area contributed by atoms with Crippen molar-refractivity contribution in [3.63, 3.8) is 0 Å². The highest BCUT2D eigenvalue weighted by atomic mass is 16.5. The van der Waals surface area contributed by atoms with E-state index in [1.165, 1.54) is 12.8 Å². The second kappa shape index (κ2) is 12.0. The third-order valence-corrected chi connectivity index (χ3v) is 5.56. The third kappa shape index (κ3) is 8.00. The molecule has 3 N–H and O–H groups in total. The van der Waals surface area contributed by atoms with Gasteiger partial charge in [0.15, 0.2) is 0 Å². The Hall–Kier alpha value is -2.96. The SMILES string of the molecule is O=C(NO)c1ccc(/C=C/C(=O)N2CCC(CNC3CC3)CC2)cc1.c1ccccc1. The van der Waals surface area contributed by atoms with Gasteiger partial charge in [-0.15, -0.1) is 0 Å². The van der Waals surface area contributed by atoms with Crippen LogP contribution in [0.1, 0.15) is 41.6 Å². The van der Waals surface area contributed by atoms with Gasteiger partial charge in [0.2, 0.25) is 5.91 Å². The van der Waals surface area contributed by atoms with Gasteiger partial charge in [-0.3, -0.25) is 14.8 Å². The lowest BCUT2D eigenvalue weighted by molar-refractivity contribution is -0.127. The second-order valence-corrected chi connectivity index (χ2v) is 8.00. The van der Waals surface area contributed by atoms with Crippen molar-refractivity contribution in [1.29, 1.82) is 0 Å². The predicted molar refractivity (Wildman–Crippen MR) is 121 cm³/mol. The fourth-order valence-corrected chi connectivity index (χ4v) is 3.45. The highest BCUT2D eigenvalue weighted by molar-refractivity contribution is 5.94. The Labute approximate surface area is 183 Å². The van der Waals surface area contributed by atoms with Gasteiger partial charge < -0.3 is 10.2 Å². The first kappa shape index (κ1) is 22.7. The van der Waals surface area contributed by atoms with Crippen molar-refractivity contribution in [1.82, 2.24) is 15.7 Å². The highest BCUT2D eigenvalue weighted by Gasteiger charge is 2.25. The maximum absolute atomic E-state index is 12.3. The Balaban J connectivity index is 0.000000391. The molecule has 2 aromatic rings. The third-order valence-electron chi connectivity index (χ3n) is 5.56. The molecule has 164 valence electrons. The molecule has 0 spiro atoms. The normalized spacial score (nSPS) is 16.5. The number of nitrogens with one attached hydrogen (secondary N) is 2. The van der Waals surface area contributed by atoms with Gasteiger partial charge in [0.05, 0.1) is 0 Å². The van der Waals surface area contributed by atoms with Gasteiger partial charge in [-0.25, -0.2) is 5.48 Å². The van der Waals surface area contributed by atoms with Gasteiger partial charge in [0.1, 0.15) is 0 Å². The lowest BCUT2D eigenvalue weighted by atomic mass is 9.96. The minimum atomic E-state index is -0.550. The van der Waals surface area contributed by atoms with E-state index >= 15 is 0 Å². The standard InChI is InChI=1S/C19H25N3O3.C6H6/c23-18(8-3-14-1-4-16(5-2-14)19(24)21-25)22-11-9-15(10-12-22)13-20-17-6-7-17;1-2-4-6-5-3-1/h1-5,8,15,17,20,25H,6-7,9-13H2,(H,21,24);1-6H/b8-3+;. The molecule has 6 heteroatoms. The zero-order chi connectivity index (χ0) is 21.9. The Kier molecular flexibility index (Phi) is 8.82. The van der Waals surface area contributed by atoms with Crippen molar-refractivity contribution >= 4 is 17.9 Å². The van der Waals surface area contributed by atoms with E-state index in [-0.39, 0.29) is 5.91 Å². The number of rotatable bonds is 6. The molecule has 2 aliphatic rings. The first-order valence-corrected chi connectivity index (χ1v) is 10.9. The number of likely N-dealkylation sites (tertiary alicyclic amines) is 1. The summed E-state index contributed by atoms with van der Waals surface area (Å²) in [7, 11) is 0. The molecule has 1 aliphatic heterocycles. The predicted octanol–water partition coefficient (Wildman–Crippen LogP) is 3.50. The molecule has 0 radical (unpaired) electrons. The molecule has 0 bridgehead atoms. The average Bonchev–Trinajstić information content (AvgIpc) is 3.67. The van der Waals surface area contributed by atoms with E-state index in [0.29, 0.717) is 11.5 Å². The number of hydroxylamine groups is 1. The van der Waals surface area contributed by atoms with E-state index in [1.54, 1.807) is 41.9 Å². The van der Waals surface area contributed by atoms with Crippen LogP contribution in [0.5, 0.6) is 0 Å². The van der Waals surface area contributed by atoms with Gasteiger partial charge in [-0.2, -0.15) is 0 Å². The van der Waals surface area contributed by atoms with Crippen molar-refractivity contribution in [3.8, 4) is 0 Å². The van der Waals surface area contributed by atoms with E-state index in [9.17, 15) is 9.59 Å². The number of piperidine rings is 1. The molecule has 0 atom stereocenters. The Morgan fingerprint density at radius 1 is 0.935 bits per heavy atom. The molecular formula is C25H31N3O3. The molecule has 0 aromatic heterocycles. The fourth-order valence-electron chi connectivity index (χ4n) is 3.45. The van der Waals surface area contributed by atoms with Gasteiger partial charge >= 0.3 is 0 Å². The molecule has 4 rings (SSSR count). The molecule has 2 fully saturated rings. The molecule has 2 amide bonds. The Bertz CT molecular complexity index is 813. The smallest absolute Gasteiger partial charge is 0.274 e. The minimum Gasteiger partial charge on any atom is -0.339 e. The molecular weight excluding hydrogens is 390 g/mol. The van der Waals surface area contributed by atoms with Gasteiger partial charge in [0.25, 0.3) is 5.91 Å². The Morgan fingerprint density at radius 3 is 2.03 bits per heavy atom. The topological polar surface area (TPSA) is 81.7 Å². The largest absolute Gasteiger partial charge is 0.339 e. The van der Waals surface area contributed by atoms with Crippen molar-refractivity contribution in [3.05, 3.63) is 77.9 Å². The van der Waals surface area contributed by atoms with Crippen LogP contribution in [0.2, 0.25) is 0 Å². The van der Waals surface area contributed by atoms with E-state index in [4.69, 9.17) is 5.21 Å². The number of hydrogen-bond donors (Lipinski definition) is 3. The number of carbonyl (C=O) groups is 2. The van der Waals surface area contributed by atoms with E-state index < -0.39 is 5.91 Å². The van der Waals surface area contributed by atoms with Crippen molar-refractivity contribution < 1.29 is 14.8 Å². The summed E-state index contributed by atoms with van der Waals surface area (Å²) in [5.74, 6) is 0.162. The van der Waals surface area contributed by atoms with Crippen LogP contribution >= 0.6 is 0 Å². The summed E-state index contributed by atoms with van der Waals surface area (Å²) in [6.07, 6.45) is 8.09. The van der Waals surface area contributed by atoms with Gasteiger partial charge in [-0.1, -0.05) is 48.5 Å². The summed E-state index contributed by atoms with van der Waals surface area (Å²) < 4.78 is 0. The van der Waals surface area contributed by atoms with Crippen LogP contribution in [-0.2, 0) is 4.79 Å². The number of amides is 2. The average molecular weight is 422 g/mol. The van der Waals surface area contributed by atoms with E-state index in [2.05, 4.69) is 5.32 Å². The summed E-state index contributed by atoms with van der Waals surface area (Å²) in [5, 5.41) is 12.2. The van der Waals surface area contributed by atoms with Crippen LogP contribution in [0.4, 0.5) is 0 Å². The summed E-state index contributed by atoms with van der Waals surface area (Å²) in [6, 6.07) is 19.4. The lowest BCUT2D eigenvalue weighted by Gasteiger charge is -2.31. The summed E-state index contributed by atoms with van der Waals surface area (Å²) >= 11 is 0. The minimum absolute atomic E-state index is 0.0331. The summed E-state index contributed by atoms with van der Waals surface area (Å²) in [5.41, 5.74) is 2.80. The van der Waals surface area contributed by atoms with Gasteiger partial charge in [-0.05, 0) is 61.9 Å². The molecule has 31 heavy (non-hydrogen) atoms. The van der Waals surface area contributed by atoms with Crippen LogP contribution in [-0.4, -0.2) is 47.6 Å². The molecule has 1 saturated carbocycles. The van der Waals surface area contributed by atoms with E-state index in [0.717, 1.165) is 44.1 Å². The van der Waals surface area contributed by atoms with Crippen LogP contribution in [0.25, 0.3) is 6.08 Å². The first-order valence-electron chi connectivity index (χ1n) is 10.9. The first-order chi connectivity index (χ1) is 15.2. The Morgan fingerprint density at radius 2 is 1.52 bits per heavy atom. The number of carbonyl (C=O) groups excluding carboxylic acids is 2. The van der Waals surface area contributed by atoms with Crippen LogP contribution in [0.15, 0.2) is 66.7 Å². The molecule has 0 unspecified atom stereocenters.